The lowest BCUT2D eigenvalue weighted by Crippen LogP contribution is -2.29. The lowest BCUT2D eigenvalue weighted by atomic mass is 10.1. The van der Waals surface area contributed by atoms with Crippen LogP contribution in [0.2, 0.25) is 0 Å². The Morgan fingerprint density at radius 1 is 1.35 bits per heavy atom. The van der Waals surface area contributed by atoms with Crippen LogP contribution in [0.4, 0.5) is 5.69 Å². The molecule has 20 heavy (non-hydrogen) atoms. The number of amides is 1. The van der Waals surface area contributed by atoms with Crippen molar-refractivity contribution in [3.8, 4) is 0 Å². The summed E-state index contributed by atoms with van der Waals surface area (Å²) < 4.78 is 5.15. The van der Waals surface area contributed by atoms with Crippen LogP contribution in [-0.4, -0.2) is 18.5 Å². The Morgan fingerprint density at radius 3 is 2.90 bits per heavy atom. The monoisotopic (exact) mass is 272 g/mol. The molecule has 0 bridgehead atoms. The van der Waals surface area contributed by atoms with E-state index in [1.807, 2.05) is 19.1 Å². The third kappa shape index (κ3) is 2.88. The van der Waals surface area contributed by atoms with Gasteiger partial charge in [0.15, 0.2) is 0 Å². The van der Waals surface area contributed by atoms with E-state index < -0.39 is 0 Å². The number of benzene rings is 1. The van der Waals surface area contributed by atoms with Gasteiger partial charge in [-0.1, -0.05) is 0 Å². The van der Waals surface area contributed by atoms with E-state index in [1.54, 1.807) is 6.07 Å². The van der Waals surface area contributed by atoms with E-state index in [0.717, 1.165) is 23.8 Å². The molecule has 1 aromatic heterocycles. The molecule has 0 radical (unpaired) electrons. The highest BCUT2D eigenvalue weighted by molar-refractivity contribution is 5.94. The molecule has 5 nitrogen and oxygen atoms in total. The average Bonchev–Trinajstić information content (AvgIpc) is 3.19. The van der Waals surface area contributed by atoms with Gasteiger partial charge in [0.05, 0.1) is 6.54 Å². The van der Waals surface area contributed by atoms with Crippen LogP contribution in [0.3, 0.4) is 0 Å². The molecule has 0 saturated heterocycles. The quantitative estimate of drug-likeness (QED) is 0.832. The molecule has 1 aromatic carbocycles. The van der Waals surface area contributed by atoms with Crippen LogP contribution in [0, 0.1) is 6.92 Å². The molecule has 2 aromatic rings. The van der Waals surface area contributed by atoms with E-state index in [2.05, 4.69) is 10.6 Å². The van der Waals surface area contributed by atoms with Gasteiger partial charge in [-0.3, -0.25) is 4.79 Å². The number of anilines is 1. The molecule has 0 aliphatic heterocycles. The van der Waals surface area contributed by atoms with Crippen molar-refractivity contribution in [3.63, 3.8) is 0 Å². The fourth-order valence-electron chi connectivity index (χ4n) is 2.13. The molecule has 1 aliphatic carbocycles. The Balaban J connectivity index is 1.77. The van der Waals surface area contributed by atoms with E-state index in [0.29, 0.717) is 23.9 Å². The molecule has 3 rings (SSSR count). The molecular formula is C15H16N2O3. The Bertz CT molecular complexity index is 717. The maximum absolute atomic E-state index is 11.7. The number of fused-ring (bicyclic) bond motifs is 1. The lowest BCUT2D eigenvalue weighted by Gasteiger charge is -2.07. The molecule has 0 unspecified atom stereocenters. The summed E-state index contributed by atoms with van der Waals surface area (Å²) in [4.78, 5) is 23.1. The fourth-order valence-corrected chi connectivity index (χ4v) is 2.13. The van der Waals surface area contributed by atoms with E-state index in [4.69, 9.17) is 4.42 Å². The summed E-state index contributed by atoms with van der Waals surface area (Å²) in [5.74, 6) is -0.0914. The summed E-state index contributed by atoms with van der Waals surface area (Å²) in [6.07, 6.45) is 2.29. The van der Waals surface area contributed by atoms with E-state index >= 15 is 0 Å². The summed E-state index contributed by atoms with van der Waals surface area (Å²) in [5.41, 5.74) is 1.61. The number of hydrogen-bond acceptors (Lipinski definition) is 4. The van der Waals surface area contributed by atoms with Gasteiger partial charge in [0.2, 0.25) is 5.91 Å². The van der Waals surface area contributed by atoms with Crippen LogP contribution in [0.25, 0.3) is 11.0 Å². The van der Waals surface area contributed by atoms with E-state index in [1.165, 1.54) is 6.07 Å². The number of nitrogens with one attached hydrogen (secondary N) is 2. The van der Waals surface area contributed by atoms with Gasteiger partial charge in [0, 0.05) is 29.2 Å². The zero-order valence-corrected chi connectivity index (χ0v) is 11.2. The highest BCUT2D eigenvalue weighted by Gasteiger charge is 2.21. The van der Waals surface area contributed by atoms with Crippen molar-refractivity contribution in [2.75, 3.05) is 11.9 Å². The highest BCUT2D eigenvalue weighted by atomic mass is 16.4. The van der Waals surface area contributed by atoms with Crippen LogP contribution in [0.15, 0.2) is 33.5 Å². The van der Waals surface area contributed by atoms with E-state index in [-0.39, 0.29) is 11.5 Å². The molecule has 0 spiro atoms. The van der Waals surface area contributed by atoms with Crippen LogP contribution in [0.5, 0.6) is 0 Å². The Hall–Kier alpha value is -2.14. The summed E-state index contributed by atoms with van der Waals surface area (Å²) in [6, 6.07) is 7.29. The summed E-state index contributed by atoms with van der Waals surface area (Å²) in [7, 11) is 0. The molecule has 104 valence electrons. The Kier molecular flexibility index (Phi) is 3.28. The van der Waals surface area contributed by atoms with Crippen molar-refractivity contribution in [2.45, 2.75) is 25.8 Å². The SMILES string of the molecule is Cc1cc(=O)oc2cc(NC(=O)CNC3CC3)ccc12. The minimum Gasteiger partial charge on any atom is -0.423 e. The van der Waals surface area contributed by atoms with Crippen molar-refractivity contribution in [3.05, 3.63) is 40.2 Å². The van der Waals surface area contributed by atoms with Crippen molar-refractivity contribution < 1.29 is 9.21 Å². The molecular weight excluding hydrogens is 256 g/mol. The third-order valence-corrected chi connectivity index (χ3v) is 3.36. The number of carbonyl (C=O) groups excluding carboxylic acids is 1. The fraction of sp³-hybridized carbons (Fsp3) is 0.333. The second kappa shape index (κ2) is 5.09. The van der Waals surface area contributed by atoms with Crippen molar-refractivity contribution in [2.24, 2.45) is 0 Å². The molecule has 0 atom stereocenters. The maximum Gasteiger partial charge on any atom is 0.336 e. The molecule has 1 heterocycles. The second-order valence-electron chi connectivity index (χ2n) is 5.16. The standard InChI is InChI=1S/C15H16N2O3/c1-9-6-15(19)20-13-7-11(4-5-12(9)13)17-14(18)8-16-10-2-3-10/h4-7,10,16H,2-3,8H2,1H3,(H,17,18). The molecule has 1 fully saturated rings. The van der Waals surface area contributed by atoms with Gasteiger partial charge in [-0.2, -0.15) is 0 Å². The van der Waals surface area contributed by atoms with Gasteiger partial charge < -0.3 is 15.1 Å². The first-order chi connectivity index (χ1) is 9.61. The number of carbonyl (C=O) groups is 1. The van der Waals surface area contributed by atoms with Gasteiger partial charge in [0.25, 0.3) is 0 Å². The Labute approximate surface area is 116 Å². The van der Waals surface area contributed by atoms with Gasteiger partial charge >= 0.3 is 5.63 Å². The summed E-state index contributed by atoms with van der Waals surface area (Å²) >= 11 is 0. The van der Waals surface area contributed by atoms with Crippen LogP contribution >= 0.6 is 0 Å². The first-order valence-corrected chi connectivity index (χ1v) is 6.69. The lowest BCUT2D eigenvalue weighted by molar-refractivity contribution is -0.115. The number of aryl methyl sites for hydroxylation is 1. The van der Waals surface area contributed by atoms with Gasteiger partial charge in [-0.25, -0.2) is 4.79 Å². The van der Waals surface area contributed by atoms with Crippen molar-refractivity contribution in [1.29, 1.82) is 0 Å². The van der Waals surface area contributed by atoms with Gasteiger partial charge in [-0.05, 0) is 37.5 Å². The minimum atomic E-state index is -0.381. The normalized spacial score (nSPS) is 14.4. The largest absolute Gasteiger partial charge is 0.423 e. The first kappa shape index (κ1) is 12.9. The summed E-state index contributed by atoms with van der Waals surface area (Å²) in [6.45, 7) is 2.16. The second-order valence-corrected chi connectivity index (χ2v) is 5.16. The zero-order valence-electron chi connectivity index (χ0n) is 11.2. The smallest absolute Gasteiger partial charge is 0.336 e. The predicted molar refractivity (Wildman–Crippen MR) is 76.9 cm³/mol. The van der Waals surface area contributed by atoms with Crippen LogP contribution < -0.4 is 16.3 Å². The predicted octanol–water partition coefficient (Wildman–Crippen LogP) is 1.79. The maximum atomic E-state index is 11.7. The van der Waals surface area contributed by atoms with Crippen LogP contribution in [-0.2, 0) is 4.79 Å². The van der Waals surface area contributed by atoms with Gasteiger partial charge in [-0.15, -0.1) is 0 Å². The molecule has 1 amide bonds. The van der Waals surface area contributed by atoms with Crippen molar-refractivity contribution in [1.82, 2.24) is 5.32 Å². The number of hydrogen-bond donors (Lipinski definition) is 2. The Morgan fingerprint density at radius 2 is 2.15 bits per heavy atom. The first-order valence-electron chi connectivity index (χ1n) is 6.69. The average molecular weight is 272 g/mol. The zero-order chi connectivity index (χ0) is 14.1. The third-order valence-electron chi connectivity index (χ3n) is 3.36. The minimum absolute atomic E-state index is 0.0914. The molecule has 1 aliphatic rings. The topological polar surface area (TPSA) is 71.3 Å². The molecule has 1 saturated carbocycles. The molecule has 5 heteroatoms. The van der Waals surface area contributed by atoms with Gasteiger partial charge in [0.1, 0.15) is 5.58 Å². The van der Waals surface area contributed by atoms with Crippen molar-refractivity contribution >= 4 is 22.6 Å². The summed E-state index contributed by atoms with van der Waals surface area (Å²) in [5, 5.41) is 6.81. The highest BCUT2D eigenvalue weighted by Crippen LogP contribution is 2.21. The number of rotatable bonds is 4. The van der Waals surface area contributed by atoms with Crippen LogP contribution in [0.1, 0.15) is 18.4 Å². The van der Waals surface area contributed by atoms with E-state index in [9.17, 15) is 9.59 Å². The molecule has 2 N–H and O–H groups in total.